The standard InChI is InChI=1S/C20H17F4N5O4S/c1-34(31,32)28-9-13(10-28)18(30)29(16-4-2-3-14(21)7-16)11-15-6-5-12(8-25-15)17-26-19(33-27-17)20(22,23)24/h2-8,13H,9-11H2,1H3. The lowest BCUT2D eigenvalue weighted by atomic mass is 10.0. The summed E-state index contributed by atoms with van der Waals surface area (Å²) in [6, 6.07) is 8.21. The molecule has 0 atom stereocenters. The van der Waals surface area contributed by atoms with Crippen LogP contribution in [0.3, 0.4) is 0 Å². The monoisotopic (exact) mass is 499 g/mol. The van der Waals surface area contributed by atoms with Crippen LogP contribution in [0, 0.1) is 11.7 Å². The van der Waals surface area contributed by atoms with Crippen molar-refractivity contribution in [3.05, 3.63) is 60.0 Å². The maximum atomic E-state index is 13.8. The van der Waals surface area contributed by atoms with Crippen LogP contribution in [0.5, 0.6) is 0 Å². The van der Waals surface area contributed by atoms with E-state index in [1.54, 1.807) is 0 Å². The molecule has 1 amide bonds. The summed E-state index contributed by atoms with van der Waals surface area (Å²) in [5, 5.41) is 3.29. The highest BCUT2D eigenvalue weighted by atomic mass is 32.2. The number of carbonyl (C=O) groups excluding carboxylic acids is 1. The van der Waals surface area contributed by atoms with E-state index in [0.29, 0.717) is 5.69 Å². The Morgan fingerprint density at radius 3 is 2.53 bits per heavy atom. The maximum absolute atomic E-state index is 13.8. The number of anilines is 1. The summed E-state index contributed by atoms with van der Waals surface area (Å²) in [4.78, 5) is 21.8. The first-order chi connectivity index (χ1) is 15.9. The average molecular weight is 499 g/mol. The van der Waals surface area contributed by atoms with Crippen LogP contribution in [0.4, 0.5) is 23.2 Å². The van der Waals surface area contributed by atoms with Gasteiger partial charge in [0.15, 0.2) is 0 Å². The summed E-state index contributed by atoms with van der Waals surface area (Å²) in [5.41, 5.74) is 0.760. The molecular formula is C20H17F4N5O4S. The molecule has 0 saturated carbocycles. The number of benzene rings is 1. The zero-order valence-electron chi connectivity index (χ0n) is 17.5. The summed E-state index contributed by atoms with van der Waals surface area (Å²) in [7, 11) is -3.43. The van der Waals surface area contributed by atoms with Crippen LogP contribution in [0.15, 0.2) is 47.1 Å². The maximum Gasteiger partial charge on any atom is 0.471 e. The van der Waals surface area contributed by atoms with Crippen molar-refractivity contribution in [1.29, 1.82) is 0 Å². The molecule has 1 aliphatic rings. The van der Waals surface area contributed by atoms with Crippen LogP contribution in [0.2, 0.25) is 0 Å². The highest BCUT2D eigenvalue weighted by Crippen LogP contribution is 2.30. The van der Waals surface area contributed by atoms with Crippen molar-refractivity contribution in [2.75, 3.05) is 24.2 Å². The van der Waals surface area contributed by atoms with Crippen molar-refractivity contribution >= 4 is 21.6 Å². The molecule has 0 aliphatic carbocycles. The van der Waals surface area contributed by atoms with Gasteiger partial charge in [0.1, 0.15) is 5.82 Å². The van der Waals surface area contributed by atoms with Gasteiger partial charge in [0.25, 0.3) is 0 Å². The minimum atomic E-state index is -4.78. The average Bonchev–Trinajstić information content (AvgIpc) is 3.21. The largest absolute Gasteiger partial charge is 0.471 e. The fourth-order valence-corrected chi connectivity index (χ4v) is 4.20. The Kier molecular flexibility index (Phi) is 6.12. The number of hydrogen-bond donors (Lipinski definition) is 0. The van der Waals surface area contributed by atoms with E-state index in [0.717, 1.165) is 16.6 Å². The van der Waals surface area contributed by atoms with Crippen LogP contribution >= 0.6 is 0 Å². The van der Waals surface area contributed by atoms with Crippen LogP contribution in [-0.4, -0.2) is 53.1 Å². The highest BCUT2D eigenvalue weighted by molar-refractivity contribution is 7.88. The summed E-state index contributed by atoms with van der Waals surface area (Å²) in [6.07, 6.45) is -2.51. The Labute approximate surface area is 191 Å². The molecule has 0 unspecified atom stereocenters. The van der Waals surface area contributed by atoms with Crippen molar-refractivity contribution in [3.63, 3.8) is 0 Å². The SMILES string of the molecule is CS(=O)(=O)N1CC(C(=O)N(Cc2ccc(-c3noc(C(F)(F)F)n3)cn2)c2cccc(F)c2)C1. The molecule has 1 aliphatic heterocycles. The number of hydrogen-bond acceptors (Lipinski definition) is 7. The topological polar surface area (TPSA) is 110 Å². The first-order valence-corrected chi connectivity index (χ1v) is 11.6. The molecule has 3 aromatic rings. The van der Waals surface area contributed by atoms with Crippen molar-refractivity contribution < 1.29 is 35.3 Å². The van der Waals surface area contributed by atoms with Gasteiger partial charge < -0.3 is 9.42 Å². The van der Waals surface area contributed by atoms with Crippen molar-refractivity contribution in [2.24, 2.45) is 5.92 Å². The third-order valence-electron chi connectivity index (χ3n) is 5.12. The van der Waals surface area contributed by atoms with E-state index in [1.807, 2.05) is 0 Å². The smallest absolute Gasteiger partial charge is 0.329 e. The number of carbonyl (C=O) groups is 1. The Bertz CT molecular complexity index is 1300. The third-order valence-corrected chi connectivity index (χ3v) is 6.36. The second-order valence-corrected chi connectivity index (χ2v) is 9.62. The Morgan fingerprint density at radius 2 is 1.97 bits per heavy atom. The van der Waals surface area contributed by atoms with E-state index in [1.165, 1.54) is 41.4 Å². The van der Waals surface area contributed by atoms with Gasteiger partial charge in [-0.25, -0.2) is 17.1 Å². The molecule has 0 N–H and O–H groups in total. The predicted octanol–water partition coefficient (Wildman–Crippen LogP) is 2.71. The highest BCUT2D eigenvalue weighted by Gasteiger charge is 2.40. The van der Waals surface area contributed by atoms with Gasteiger partial charge in [-0.1, -0.05) is 11.2 Å². The molecule has 0 spiro atoms. The minimum Gasteiger partial charge on any atom is -0.329 e. The predicted molar refractivity (Wildman–Crippen MR) is 110 cm³/mol. The van der Waals surface area contributed by atoms with Gasteiger partial charge in [-0.3, -0.25) is 9.78 Å². The van der Waals surface area contributed by atoms with E-state index in [-0.39, 0.29) is 36.7 Å². The first-order valence-electron chi connectivity index (χ1n) is 9.80. The van der Waals surface area contributed by atoms with Gasteiger partial charge in [-0.05, 0) is 30.3 Å². The Morgan fingerprint density at radius 1 is 1.24 bits per heavy atom. The molecule has 3 heterocycles. The molecule has 1 aromatic carbocycles. The molecule has 14 heteroatoms. The van der Waals surface area contributed by atoms with Crippen molar-refractivity contribution in [1.82, 2.24) is 19.4 Å². The van der Waals surface area contributed by atoms with Crippen molar-refractivity contribution in [2.45, 2.75) is 12.7 Å². The van der Waals surface area contributed by atoms with Crippen LogP contribution in [-0.2, 0) is 27.5 Å². The quantitative estimate of drug-likeness (QED) is 0.480. The molecule has 0 bridgehead atoms. The van der Waals surface area contributed by atoms with E-state index in [9.17, 15) is 30.8 Å². The van der Waals surface area contributed by atoms with E-state index >= 15 is 0 Å². The molecule has 1 fully saturated rings. The normalized spacial score (nSPS) is 15.2. The fourth-order valence-electron chi connectivity index (χ4n) is 3.29. The number of pyridine rings is 1. The number of amides is 1. The lowest BCUT2D eigenvalue weighted by molar-refractivity contribution is -0.159. The summed E-state index contributed by atoms with van der Waals surface area (Å²) >= 11 is 0. The van der Waals surface area contributed by atoms with E-state index in [4.69, 9.17) is 0 Å². The molecule has 0 radical (unpaired) electrons. The van der Waals surface area contributed by atoms with E-state index in [2.05, 4.69) is 19.6 Å². The van der Waals surface area contributed by atoms with Crippen LogP contribution in [0.25, 0.3) is 11.4 Å². The van der Waals surface area contributed by atoms with E-state index < -0.39 is 39.7 Å². The molecular weight excluding hydrogens is 482 g/mol. The number of nitrogens with zero attached hydrogens (tertiary/aromatic N) is 5. The Balaban J connectivity index is 1.55. The molecule has 1 saturated heterocycles. The van der Waals surface area contributed by atoms with Gasteiger partial charge in [-0.15, -0.1) is 0 Å². The summed E-state index contributed by atoms with van der Waals surface area (Å²) in [6.45, 7) is -0.0670. The number of halogens is 4. The molecule has 180 valence electrons. The molecule has 2 aromatic heterocycles. The Hall–Kier alpha value is -3.39. The zero-order chi connectivity index (χ0) is 24.7. The fraction of sp³-hybridized carbons (Fsp3) is 0.300. The first kappa shape index (κ1) is 23.8. The zero-order valence-corrected chi connectivity index (χ0v) is 18.3. The van der Waals surface area contributed by atoms with Crippen LogP contribution in [0.1, 0.15) is 11.6 Å². The third kappa shape index (κ3) is 5.07. The minimum absolute atomic E-state index is 0.00914. The van der Waals surface area contributed by atoms with Gasteiger partial charge in [-0.2, -0.15) is 18.2 Å². The summed E-state index contributed by atoms with van der Waals surface area (Å²) < 4.78 is 80.4. The molecule has 9 nitrogen and oxygen atoms in total. The summed E-state index contributed by atoms with van der Waals surface area (Å²) in [5.74, 6) is -3.39. The lowest BCUT2D eigenvalue weighted by Crippen LogP contribution is -2.56. The second-order valence-electron chi connectivity index (χ2n) is 7.64. The molecule has 34 heavy (non-hydrogen) atoms. The second kappa shape index (κ2) is 8.76. The van der Waals surface area contributed by atoms with Crippen LogP contribution < -0.4 is 4.90 Å². The van der Waals surface area contributed by atoms with Gasteiger partial charge in [0, 0.05) is 30.5 Å². The number of sulfonamides is 1. The number of alkyl halides is 3. The lowest BCUT2D eigenvalue weighted by Gasteiger charge is -2.38. The number of aromatic nitrogens is 3. The van der Waals surface area contributed by atoms with Gasteiger partial charge in [0.2, 0.25) is 21.8 Å². The van der Waals surface area contributed by atoms with Gasteiger partial charge >= 0.3 is 12.1 Å². The van der Waals surface area contributed by atoms with Crippen molar-refractivity contribution in [3.8, 4) is 11.4 Å². The number of rotatable bonds is 6. The molecule has 4 rings (SSSR count). The van der Waals surface area contributed by atoms with Gasteiger partial charge in [0.05, 0.1) is 24.4 Å².